The van der Waals surface area contributed by atoms with Gasteiger partial charge < -0.3 is 15.0 Å². The average molecular weight is 552 g/mol. The first-order valence-corrected chi connectivity index (χ1v) is 14.3. The molecule has 0 spiro atoms. The second-order valence-electron chi connectivity index (χ2n) is 9.08. The van der Waals surface area contributed by atoms with Crippen LogP contribution < -0.4 is 24.0 Å². The van der Waals surface area contributed by atoms with Crippen LogP contribution in [0.2, 0.25) is 0 Å². The lowest BCUT2D eigenvalue weighted by Gasteiger charge is -2.31. The SMILES string of the molecule is CCOc1ccc(N(CC)C(=O)[C@@H](NC(=O)NS(=O)(=O)N2CCc3cccnc32)[C@H](C)c2ccccc2)cc1. The van der Waals surface area contributed by atoms with E-state index in [1.807, 2.05) is 51.1 Å². The van der Waals surface area contributed by atoms with E-state index in [1.165, 1.54) is 6.20 Å². The Bertz CT molecular complexity index is 1400. The zero-order valence-electron chi connectivity index (χ0n) is 22.2. The fraction of sp³-hybridized carbons (Fsp3) is 0.321. The van der Waals surface area contributed by atoms with Crippen LogP contribution in [0, 0.1) is 0 Å². The molecule has 2 aromatic carbocycles. The number of hydrogen-bond donors (Lipinski definition) is 2. The van der Waals surface area contributed by atoms with Gasteiger partial charge in [-0.1, -0.05) is 43.3 Å². The van der Waals surface area contributed by atoms with E-state index in [1.54, 1.807) is 41.3 Å². The Balaban J connectivity index is 1.57. The van der Waals surface area contributed by atoms with Gasteiger partial charge in [-0.15, -0.1) is 0 Å². The summed E-state index contributed by atoms with van der Waals surface area (Å²) in [6.07, 6.45) is 1.99. The van der Waals surface area contributed by atoms with Crippen LogP contribution in [0.4, 0.5) is 16.3 Å². The van der Waals surface area contributed by atoms with Gasteiger partial charge in [0.25, 0.3) is 0 Å². The number of ether oxygens (including phenoxy) is 1. The third-order valence-electron chi connectivity index (χ3n) is 6.62. The lowest BCUT2D eigenvalue weighted by Crippen LogP contribution is -2.56. The van der Waals surface area contributed by atoms with Gasteiger partial charge in [-0.3, -0.25) is 4.79 Å². The molecule has 1 aliphatic rings. The van der Waals surface area contributed by atoms with Crippen molar-refractivity contribution in [3.05, 3.63) is 84.1 Å². The normalized spacial score (nSPS) is 14.2. The highest BCUT2D eigenvalue weighted by molar-refractivity contribution is 7.91. The Hall–Kier alpha value is -4.12. The van der Waals surface area contributed by atoms with Crippen LogP contribution >= 0.6 is 0 Å². The number of nitrogens with zero attached hydrogens (tertiary/aromatic N) is 3. The van der Waals surface area contributed by atoms with Crippen LogP contribution in [-0.4, -0.2) is 51.1 Å². The molecule has 0 fully saturated rings. The Morgan fingerprint density at radius 1 is 1.05 bits per heavy atom. The van der Waals surface area contributed by atoms with Crippen molar-refractivity contribution in [1.29, 1.82) is 0 Å². The van der Waals surface area contributed by atoms with Crippen molar-refractivity contribution in [3.63, 3.8) is 0 Å². The summed E-state index contributed by atoms with van der Waals surface area (Å²) in [5.41, 5.74) is 2.23. The van der Waals surface area contributed by atoms with Crippen molar-refractivity contribution in [1.82, 2.24) is 15.0 Å². The van der Waals surface area contributed by atoms with Gasteiger partial charge in [0.15, 0.2) is 0 Å². The highest BCUT2D eigenvalue weighted by Gasteiger charge is 2.35. The van der Waals surface area contributed by atoms with E-state index < -0.39 is 28.2 Å². The number of amides is 3. The third kappa shape index (κ3) is 6.31. The van der Waals surface area contributed by atoms with Gasteiger partial charge >= 0.3 is 16.2 Å². The molecule has 0 bridgehead atoms. The molecule has 1 aromatic heterocycles. The van der Waals surface area contributed by atoms with Crippen molar-refractivity contribution in [3.8, 4) is 5.75 Å². The first-order chi connectivity index (χ1) is 18.7. The van der Waals surface area contributed by atoms with Crippen molar-refractivity contribution >= 4 is 33.7 Å². The molecule has 0 unspecified atom stereocenters. The van der Waals surface area contributed by atoms with Crippen molar-refractivity contribution in [2.45, 2.75) is 39.2 Å². The molecule has 2 heterocycles. The Morgan fingerprint density at radius 3 is 2.44 bits per heavy atom. The van der Waals surface area contributed by atoms with Crippen LogP contribution in [0.25, 0.3) is 0 Å². The summed E-state index contributed by atoms with van der Waals surface area (Å²) in [6, 6.07) is 17.9. The monoisotopic (exact) mass is 551 g/mol. The molecule has 39 heavy (non-hydrogen) atoms. The zero-order valence-corrected chi connectivity index (χ0v) is 23.0. The highest BCUT2D eigenvalue weighted by atomic mass is 32.2. The third-order valence-corrected chi connectivity index (χ3v) is 8.00. The number of aromatic nitrogens is 1. The van der Waals surface area contributed by atoms with E-state index in [9.17, 15) is 18.0 Å². The summed E-state index contributed by atoms with van der Waals surface area (Å²) in [4.78, 5) is 32.7. The molecule has 1 aliphatic heterocycles. The molecular weight excluding hydrogens is 518 g/mol. The fourth-order valence-corrected chi connectivity index (χ4v) is 5.75. The van der Waals surface area contributed by atoms with E-state index in [-0.39, 0.29) is 18.3 Å². The molecule has 0 saturated carbocycles. The van der Waals surface area contributed by atoms with Crippen LogP contribution in [0.1, 0.15) is 37.8 Å². The van der Waals surface area contributed by atoms with Gasteiger partial charge in [0.1, 0.15) is 17.6 Å². The number of carbonyl (C=O) groups is 2. The molecule has 11 heteroatoms. The maximum absolute atomic E-state index is 13.9. The molecule has 3 aromatic rings. The van der Waals surface area contributed by atoms with Crippen LogP contribution in [0.15, 0.2) is 72.9 Å². The molecule has 2 atom stereocenters. The molecule has 0 radical (unpaired) electrons. The van der Waals surface area contributed by atoms with Gasteiger partial charge in [0.2, 0.25) is 5.91 Å². The summed E-state index contributed by atoms with van der Waals surface area (Å²) in [5, 5.41) is 2.64. The highest BCUT2D eigenvalue weighted by Crippen LogP contribution is 2.27. The quantitative estimate of drug-likeness (QED) is 0.397. The minimum Gasteiger partial charge on any atom is -0.494 e. The maximum atomic E-state index is 13.9. The van der Waals surface area contributed by atoms with E-state index in [4.69, 9.17) is 4.74 Å². The maximum Gasteiger partial charge on any atom is 0.330 e. The van der Waals surface area contributed by atoms with Crippen molar-refractivity contribution < 1.29 is 22.7 Å². The Kier molecular flexibility index (Phi) is 8.70. The fourth-order valence-electron chi connectivity index (χ4n) is 4.63. The number of fused-ring (bicyclic) bond motifs is 1. The Morgan fingerprint density at radius 2 is 1.77 bits per heavy atom. The molecule has 4 rings (SSSR count). The van der Waals surface area contributed by atoms with E-state index in [0.717, 1.165) is 15.4 Å². The molecule has 3 amide bonds. The summed E-state index contributed by atoms with van der Waals surface area (Å²) in [7, 11) is -4.25. The number of likely N-dealkylation sites (N-methyl/N-ethyl adjacent to an activating group) is 1. The van der Waals surface area contributed by atoms with Crippen LogP contribution in [-0.2, 0) is 21.4 Å². The smallest absolute Gasteiger partial charge is 0.330 e. The molecule has 0 saturated heterocycles. The van der Waals surface area contributed by atoms with Crippen molar-refractivity contribution in [2.24, 2.45) is 0 Å². The van der Waals surface area contributed by atoms with E-state index >= 15 is 0 Å². The minimum absolute atomic E-state index is 0.166. The van der Waals surface area contributed by atoms with Crippen LogP contribution in [0.5, 0.6) is 5.75 Å². The lowest BCUT2D eigenvalue weighted by atomic mass is 9.92. The molecule has 10 nitrogen and oxygen atoms in total. The van der Waals surface area contributed by atoms with Gasteiger partial charge in [-0.2, -0.15) is 8.42 Å². The van der Waals surface area contributed by atoms with Crippen molar-refractivity contribution in [2.75, 3.05) is 28.9 Å². The summed E-state index contributed by atoms with van der Waals surface area (Å²) >= 11 is 0. The number of nitrogens with one attached hydrogen (secondary N) is 2. The standard InChI is InChI=1S/C28H33N5O5S/c1-4-32(23-13-15-24(16-14-23)38-5-2)27(34)25(20(3)21-10-7-6-8-11-21)30-28(35)31-39(36,37)33-19-17-22-12-9-18-29-26(22)33/h6-16,18,20,25H,4-5,17,19H2,1-3H3,(H2,30,31,35)/t20-,25+/m1/s1. The van der Waals surface area contributed by atoms with Gasteiger partial charge in [0, 0.05) is 30.9 Å². The average Bonchev–Trinajstić information content (AvgIpc) is 3.38. The number of benzene rings is 2. The Labute approximate surface area is 229 Å². The minimum atomic E-state index is -4.25. The molecule has 0 aliphatic carbocycles. The zero-order chi connectivity index (χ0) is 28.0. The number of carbonyl (C=O) groups excluding carboxylic acids is 2. The van der Waals surface area contributed by atoms with Gasteiger partial charge in [0.05, 0.1) is 6.61 Å². The lowest BCUT2D eigenvalue weighted by molar-refractivity contribution is -0.120. The summed E-state index contributed by atoms with van der Waals surface area (Å²) < 4.78 is 34.8. The predicted octanol–water partition coefficient (Wildman–Crippen LogP) is 3.61. The number of pyridine rings is 1. The predicted molar refractivity (Wildman–Crippen MR) is 150 cm³/mol. The first-order valence-electron chi connectivity index (χ1n) is 12.9. The summed E-state index contributed by atoms with van der Waals surface area (Å²) in [6.45, 7) is 6.57. The second kappa shape index (κ2) is 12.2. The molecule has 2 N–H and O–H groups in total. The largest absolute Gasteiger partial charge is 0.494 e. The van der Waals surface area contributed by atoms with Gasteiger partial charge in [-0.25, -0.2) is 18.8 Å². The van der Waals surface area contributed by atoms with Crippen LogP contribution in [0.3, 0.4) is 0 Å². The van der Waals surface area contributed by atoms with Gasteiger partial charge in [-0.05, 0) is 61.7 Å². The second-order valence-corrected chi connectivity index (χ2v) is 10.7. The summed E-state index contributed by atoms with van der Waals surface area (Å²) in [5.74, 6) is 0.132. The number of anilines is 2. The number of urea groups is 1. The topological polar surface area (TPSA) is 121 Å². The molecule has 206 valence electrons. The van der Waals surface area contributed by atoms with E-state index in [2.05, 4.69) is 15.0 Å². The molecular formula is C28H33N5O5S. The van der Waals surface area contributed by atoms with E-state index in [0.29, 0.717) is 31.0 Å². The number of rotatable bonds is 10. The number of hydrogen-bond acceptors (Lipinski definition) is 6. The first kappa shape index (κ1) is 27.9.